The average Bonchev–Trinajstić information content (AvgIpc) is 2.75. The molecule has 1 aliphatic rings. The first kappa shape index (κ1) is 20.4. The van der Waals surface area contributed by atoms with E-state index in [-0.39, 0.29) is 17.7 Å². The van der Waals surface area contributed by atoms with Crippen molar-refractivity contribution < 1.29 is 9.59 Å². The van der Waals surface area contributed by atoms with Gasteiger partial charge in [-0.2, -0.15) is 0 Å². The Morgan fingerprint density at radius 1 is 1.03 bits per heavy atom. The molecule has 0 radical (unpaired) electrons. The lowest BCUT2D eigenvalue weighted by atomic mass is 9.91. The molecule has 0 saturated heterocycles. The van der Waals surface area contributed by atoms with Crippen molar-refractivity contribution in [3.05, 3.63) is 65.7 Å². The first-order valence-electron chi connectivity index (χ1n) is 9.91. The average molecular weight is 393 g/mol. The van der Waals surface area contributed by atoms with Gasteiger partial charge >= 0.3 is 0 Å². The predicted octanol–water partition coefficient (Wildman–Crippen LogP) is 2.10. The van der Waals surface area contributed by atoms with E-state index in [4.69, 9.17) is 0 Å². The number of hydrogen-bond donors (Lipinski definition) is 4. The van der Waals surface area contributed by atoms with Crippen molar-refractivity contribution in [1.82, 2.24) is 16.0 Å². The molecular formula is C22H27N5O2. The molecule has 4 N–H and O–H groups in total. The topological polar surface area (TPSA) is 94.6 Å². The maximum absolute atomic E-state index is 12.1. The molecule has 1 aliphatic heterocycles. The minimum Gasteiger partial charge on any atom is -0.357 e. The van der Waals surface area contributed by atoms with Crippen molar-refractivity contribution in [1.29, 1.82) is 0 Å². The van der Waals surface area contributed by atoms with Gasteiger partial charge in [0.05, 0.1) is 6.54 Å². The number of nitrogens with zero attached hydrogens (tertiary/aromatic N) is 1. The van der Waals surface area contributed by atoms with Gasteiger partial charge in [0.15, 0.2) is 5.96 Å². The summed E-state index contributed by atoms with van der Waals surface area (Å²) in [6, 6.07) is 17.0. The minimum atomic E-state index is -0.0980. The summed E-state index contributed by atoms with van der Waals surface area (Å²) in [4.78, 5) is 28.7. The summed E-state index contributed by atoms with van der Waals surface area (Å²) in [5, 5.41) is 12.2. The molecule has 0 aromatic heterocycles. The molecule has 7 heteroatoms. The summed E-state index contributed by atoms with van der Waals surface area (Å²) >= 11 is 0. The van der Waals surface area contributed by atoms with Crippen molar-refractivity contribution in [3.63, 3.8) is 0 Å². The first-order chi connectivity index (χ1) is 14.2. The Kier molecular flexibility index (Phi) is 7.22. The lowest BCUT2D eigenvalue weighted by Crippen LogP contribution is -2.41. The summed E-state index contributed by atoms with van der Waals surface area (Å²) in [7, 11) is 0. The van der Waals surface area contributed by atoms with Gasteiger partial charge in [0, 0.05) is 43.2 Å². The van der Waals surface area contributed by atoms with Crippen LogP contribution < -0.4 is 21.3 Å². The summed E-state index contributed by atoms with van der Waals surface area (Å²) in [6.07, 6.45) is 0.424. The third-order valence-corrected chi connectivity index (χ3v) is 4.66. The molecule has 1 unspecified atom stereocenters. The highest BCUT2D eigenvalue weighted by atomic mass is 16.2. The Morgan fingerprint density at radius 2 is 1.76 bits per heavy atom. The number of nitrogens with one attached hydrogen (secondary N) is 4. The van der Waals surface area contributed by atoms with Gasteiger partial charge in [-0.15, -0.1) is 0 Å². The standard InChI is InChI=1S/C22H27N5O2/c1-2-23-22(25-13-12-24-21(29)16-8-4-3-5-9-16)26-15-17-14-20(28)27-19-11-7-6-10-18(17)19/h3-11,17H,2,12-15H2,1H3,(H,24,29)(H,27,28)(H2,23,25,26). The van der Waals surface area contributed by atoms with Gasteiger partial charge in [-0.3, -0.25) is 14.6 Å². The molecule has 0 spiro atoms. The molecule has 0 aliphatic carbocycles. The lowest BCUT2D eigenvalue weighted by molar-refractivity contribution is -0.116. The van der Waals surface area contributed by atoms with Crippen LogP contribution in [0.15, 0.2) is 59.6 Å². The second kappa shape index (κ2) is 10.3. The van der Waals surface area contributed by atoms with Gasteiger partial charge in [0.2, 0.25) is 5.91 Å². The second-order valence-electron chi connectivity index (χ2n) is 6.80. The number of carbonyl (C=O) groups excluding carboxylic acids is 2. The maximum Gasteiger partial charge on any atom is 0.251 e. The molecule has 2 aromatic rings. The number of fused-ring (bicyclic) bond motifs is 1. The maximum atomic E-state index is 12.1. The fraction of sp³-hybridized carbons (Fsp3) is 0.318. The number of amides is 2. The number of rotatable bonds is 7. The number of benzene rings is 2. The highest BCUT2D eigenvalue weighted by molar-refractivity contribution is 5.95. The Bertz CT molecular complexity index is 867. The Hall–Kier alpha value is -3.35. The highest BCUT2D eigenvalue weighted by Crippen LogP contribution is 2.31. The number of aliphatic imine (C=N–C) groups is 1. The zero-order valence-electron chi connectivity index (χ0n) is 16.6. The van der Waals surface area contributed by atoms with Gasteiger partial charge in [-0.1, -0.05) is 36.4 Å². The zero-order valence-corrected chi connectivity index (χ0v) is 16.6. The predicted molar refractivity (Wildman–Crippen MR) is 115 cm³/mol. The van der Waals surface area contributed by atoms with Crippen molar-refractivity contribution >= 4 is 23.5 Å². The van der Waals surface area contributed by atoms with Gasteiger partial charge in [-0.05, 0) is 30.7 Å². The molecule has 0 saturated carbocycles. The highest BCUT2D eigenvalue weighted by Gasteiger charge is 2.24. The van der Waals surface area contributed by atoms with Crippen molar-refractivity contribution in [3.8, 4) is 0 Å². The second-order valence-corrected chi connectivity index (χ2v) is 6.80. The Balaban J connectivity index is 1.52. The zero-order chi connectivity index (χ0) is 20.5. The van der Waals surface area contributed by atoms with E-state index in [0.717, 1.165) is 17.8 Å². The molecule has 7 nitrogen and oxygen atoms in total. The van der Waals surface area contributed by atoms with E-state index in [9.17, 15) is 9.59 Å². The van der Waals surface area contributed by atoms with Crippen molar-refractivity contribution in [2.75, 3.05) is 31.5 Å². The van der Waals surface area contributed by atoms with Crippen LogP contribution in [0.3, 0.4) is 0 Å². The molecule has 2 aromatic carbocycles. The van der Waals surface area contributed by atoms with E-state index in [1.54, 1.807) is 12.1 Å². The quantitative estimate of drug-likeness (QED) is 0.329. The lowest BCUT2D eigenvalue weighted by Gasteiger charge is -2.24. The van der Waals surface area contributed by atoms with Crippen LogP contribution in [-0.2, 0) is 4.79 Å². The molecule has 0 fully saturated rings. The van der Waals surface area contributed by atoms with E-state index in [0.29, 0.717) is 37.6 Å². The summed E-state index contributed by atoms with van der Waals surface area (Å²) in [5.41, 5.74) is 2.62. The number of anilines is 1. The van der Waals surface area contributed by atoms with Crippen LogP contribution in [0.4, 0.5) is 5.69 Å². The molecule has 1 heterocycles. The number of guanidine groups is 1. The monoisotopic (exact) mass is 393 g/mol. The molecule has 0 bridgehead atoms. The van der Waals surface area contributed by atoms with Gasteiger partial charge in [0.1, 0.15) is 0 Å². The van der Waals surface area contributed by atoms with E-state index in [1.807, 2.05) is 49.4 Å². The van der Waals surface area contributed by atoms with Gasteiger partial charge in [-0.25, -0.2) is 0 Å². The fourth-order valence-electron chi connectivity index (χ4n) is 3.26. The SMILES string of the molecule is CCNC(=NCC1CC(=O)Nc2ccccc21)NCCNC(=O)c1ccccc1. The molecule has 2 amide bonds. The van der Waals surface area contributed by atoms with E-state index in [2.05, 4.69) is 26.3 Å². The van der Waals surface area contributed by atoms with Crippen molar-refractivity contribution in [2.45, 2.75) is 19.3 Å². The van der Waals surface area contributed by atoms with Crippen molar-refractivity contribution in [2.24, 2.45) is 4.99 Å². The summed E-state index contributed by atoms with van der Waals surface area (Å²) in [5.74, 6) is 0.641. The molecule has 3 rings (SSSR count). The van der Waals surface area contributed by atoms with Crippen LogP contribution in [0.2, 0.25) is 0 Å². The molecule has 29 heavy (non-hydrogen) atoms. The fourth-order valence-corrected chi connectivity index (χ4v) is 3.26. The Labute approximate surface area is 171 Å². The van der Waals surface area contributed by atoms with Gasteiger partial charge < -0.3 is 21.3 Å². The number of carbonyl (C=O) groups is 2. The minimum absolute atomic E-state index is 0.0190. The van der Waals surface area contributed by atoms with E-state index in [1.165, 1.54) is 0 Å². The van der Waals surface area contributed by atoms with Crippen LogP contribution >= 0.6 is 0 Å². The number of para-hydroxylation sites is 1. The largest absolute Gasteiger partial charge is 0.357 e. The van der Waals surface area contributed by atoms with Crippen LogP contribution in [0, 0.1) is 0 Å². The first-order valence-corrected chi connectivity index (χ1v) is 9.91. The van der Waals surface area contributed by atoms with Gasteiger partial charge in [0.25, 0.3) is 5.91 Å². The summed E-state index contributed by atoms with van der Waals surface area (Å²) < 4.78 is 0. The summed E-state index contributed by atoms with van der Waals surface area (Å²) in [6.45, 7) is 4.26. The third-order valence-electron chi connectivity index (χ3n) is 4.66. The van der Waals surface area contributed by atoms with E-state index < -0.39 is 0 Å². The van der Waals surface area contributed by atoms with Crippen LogP contribution in [0.1, 0.15) is 35.2 Å². The van der Waals surface area contributed by atoms with Crippen LogP contribution in [0.5, 0.6) is 0 Å². The molecule has 152 valence electrons. The van der Waals surface area contributed by atoms with Crippen LogP contribution in [0.25, 0.3) is 0 Å². The van der Waals surface area contributed by atoms with E-state index >= 15 is 0 Å². The number of hydrogen-bond acceptors (Lipinski definition) is 3. The normalized spacial score (nSPS) is 15.8. The van der Waals surface area contributed by atoms with Crippen LogP contribution in [-0.4, -0.2) is 44.0 Å². The molecular weight excluding hydrogens is 366 g/mol. The third kappa shape index (κ3) is 5.81. The smallest absolute Gasteiger partial charge is 0.251 e. The molecule has 1 atom stereocenters. The Morgan fingerprint density at radius 3 is 2.55 bits per heavy atom.